The summed E-state index contributed by atoms with van der Waals surface area (Å²) in [7, 11) is 0. The summed E-state index contributed by atoms with van der Waals surface area (Å²) in [6, 6.07) is 0. The molecule has 3 heteroatoms. The van der Waals surface area contributed by atoms with Gasteiger partial charge in [0.1, 0.15) is 5.82 Å². The van der Waals surface area contributed by atoms with Gasteiger partial charge in [-0.3, -0.25) is 4.98 Å². The first-order valence-electron chi connectivity index (χ1n) is 6.29. The van der Waals surface area contributed by atoms with Gasteiger partial charge in [-0.1, -0.05) is 20.8 Å². The first-order valence-corrected chi connectivity index (χ1v) is 6.29. The highest BCUT2D eigenvalue weighted by atomic mass is 15.2. The Morgan fingerprint density at radius 2 is 2.00 bits per heavy atom. The van der Waals surface area contributed by atoms with E-state index in [-0.39, 0.29) is 0 Å². The molecule has 0 spiro atoms. The SMILES string of the molecule is CC.Cc1cnc(N2CCCC(C)C2)cn1. The molecule has 90 valence electrons. The Balaban J connectivity index is 0.000000606. The number of nitrogens with zero attached hydrogens (tertiary/aromatic N) is 3. The molecule has 0 radical (unpaired) electrons. The highest BCUT2D eigenvalue weighted by Crippen LogP contribution is 2.20. The molecule has 16 heavy (non-hydrogen) atoms. The third-order valence-corrected chi connectivity index (χ3v) is 2.75. The van der Waals surface area contributed by atoms with Crippen LogP contribution in [0.15, 0.2) is 12.4 Å². The standard InChI is InChI=1S/C11H17N3.C2H6/c1-9-4-3-5-14(8-9)11-7-12-10(2)6-13-11;1-2/h6-7,9H,3-5,8H2,1-2H3;1-2H3. The maximum atomic E-state index is 4.40. The third kappa shape index (κ3) is 3.47. The second-order valence-electron chi connectivity index (χ2n) is 4.21. The van der Waals surface area contributed by atoms with Gasteiger partial charge in [-0.2, -0.15) is 0 Å². The molecule has 0 amide bonds. The van der Waals surface area contributed by atoms with Gasteiger partial charge in [-0.05, 0) is 25.7 Å². The van der Waals surface area contributed by atoms with Crippen molar-refractivity contribution in [2.75, 3.05) is 18.0 Å². The fraction of sp³-hybridized carbons (Fsp3) is 0.692. The fourth-order valence-corrected chi connectivity index (χ4v) is 1.95. The van der Waals surface area contributed by atoms with Crippen LogP contribution in [0.25, 0.3) is 0 Å². The summed E-state index contributed by atoms with van der Waals surface area (Å²) in [5.41, 5.74) is 0.985. The molecule has 1 saturated heterocycles. The predicted octanol–water partition coefficient (Wildman–Crippen LogP) is 3.05. The van der Waals surface area contributed by atoms with Gasteiger partial charge in [0, 0.05) is 13.1 Å². The molecule has 1 aromatic rings. The van der Waals surface area contributed by atoms with Crippen molar-refractivity contribution in [3.63, 3.8) is 0 Å². The van der Waals surface area contributed by atoms with Crippen molar-refractivity contribution in [1.82, 2.24) is 9.97 Å². The second-order valence-corrected chi connectivity index (χ2v) is 4.21. The summed E-state index contributed by atoms with van der Waals surface area (Å²) < 4.78 is 0. The van der Waals surface area contributed by atoms with Crippen molar-refractivity contribution in [2.24, 2.45) is 5.92 Å². The van der Waals surface area contributed by atoms with E-state index < -0.39 is 0 Å². The summed E-state index contributed by atoms with van der Waals surface area (Å²) in [5.74, 6) is 1.81. The van der Waals surface area contributed by atoms with E-state index in [1.54, 1.807) is 0 Å². The minimum Gasteiger partial charge on any atom is -0.355 e. The molecule has 3 nitrogen and oxygen atoms in total. The molecule has 0 aliphatic carbocycles. The van der Waals surface area contributed by atoms with Crippen molar-refractivity contribution in [3.8, 4) is 0 Å². The lowest BCUT2D eigenvalue weighted by molar-refractivity contribution is 0.444. The average Bonchev–Trinajstić information content (AvgIpc) is 2.32. The van der Waals surface area contributed by atoms with E-state index in [9.17, 15) is 0 Å². The molecule has 1 unspecified atom stereocenters. The molecule has 0 saturated carbocycles. The predicted molar refractivity (Wildman–Crippen MR) is 68.7 cm³/mol. The maximum absolute atomic E-state index is 4.40. The number of hydrogen-bond donors (Lipinski definition) is 0. The summed E-state index contributed by atoms with van der Waals surface area (Å²) in [6.07, 6.45) is 6.34. The number of anilines is 1. The van der Waals surface area contributed by atoms with Gasteiger partial charge in [0.05, 0.1) is 18.1 Å². The van der Waals surface area contributed by atoms with Crippen LogP contribution in [0.5, 0.6) is 0 Å². The summed E-state index contributed by atoms with van der Waals surface area (Å²) in [5, 5.41) is 0. The van der Waals surface area contributed by atoms with Crippen molar-refractivity contribution >= 4 is 5.82 Å². The van der Waals surface area contributed by atoms with E-state index in [0.29, 0.717) is 0 Å². The highest BCUT2D eigenvalue weighted by molar-refractivity contribution is 5.36. The molecule has 2 heterocycles. The smallest absolute Gasteiger partial charge is 0.147 e. The van der Waals surface area contributed by atoms with Crippen LogP contribution in [-0.4, -0.2) is 23.1 Å². The van der Waals surface area contributed by atoms with Gasteiger partial charge in [-0.25, -0.2) is 4.98 Å². The highest BCUT2D eigenvalue weighted by Gasteiger charge is 2.17. The average molecular weight is 221 g/mol. The first-order chi connectivity index (χ1) is 7.75. The first kappa shape index (κ1) is 12.9. The Kier molecular flexibility index (Phi) is 5.23. The molecule has 1 aliphatic rings. The molecule has 0 aromatic carbocycles. The van der Waals surface area contributed by atoms with E-state index in [4.69, 9.17) is 0 Å². The monoisotopic (exact) mass is 221 g/mol. The van der Waals surface area contributed by atoms with E-state index in [0.717, 1.165) is 30.5 Å². The number of aryl methyl sites for hydroxylation is 1. The van der Waals surface area contributed by atoms with Crippen LogP contribution in [0.1, 0.15) is 39.3 Å². The minimum atomic E-state index is 0.784. The third-order valence-electron chi connectivity index (χ3n) is 2.75. The molecule has 1 aromatic heterocycles. The van der Waals surface area contributed by atoms with Gasteiger partial charge < -0.3 is 4.90 Å². The number of piperidine rings is 1. The Morgan fingerprint density at radius 3 is 2.56 bits per heavy atom. The van der Waals surface area contributed by atoms with Crippen LogP contribution < -0.4 is 4.90 Å². The summed E-state index contributed by atoms with van der Waals surface area (Å²) >= 11 is 0. The van der Waals surface area contributed by atoms with Crippen LogP contribution in [0.3, 0.4) is 0 Å². The second kappa shape index (κ2) is 6.46. The molecule has 0 N–H and O–H groups in total. The Morgan fingerprint density at radius 1 is 1.25 bits per heavy atom. The maximum Gasteiger partial charge on any atom is 0.147 e. The zero-order valence-corrected chi connectivity index (χ0v) is 10.9. The molecule has 1 aliphatic heterocycles. The van der Waals surface area contributed by atoms with Crippen LogP contribution in [-0.2, 0) is 0 Å². The number of aromatic nitrogens is 2. The molecule has 0 bridgehead atoms. The largest absolute Gasteiger partial charge is 0.355 e. The molecule has 2 rings (SSSR count). The zero-order valence-electron chi connectivity index (χ0n) is 10.9. The van der Waals surface area contributed by atoms with E-state index in [1.165, 1.54) is 12.8 Å². The number of rotatable bonds is 1. The quantitative estimate of drug-likeness (QED) is 0.730. The topological polar surface area (TPSA) is 29.0 Å². The molecular formula is C13H23N3. The lowest BCUT2D eigenvalue weighted by Crippen LogP contribution is -2.34. The van der Waals surface area contributed by atoms with E-state index in [2.05, 4.69) is 21.8 Å². The fourth-order valence-electron chi connectivity index (χ4n) is 1.95. The van der Waals surface area contributed by atoms with E-state index >= 15 is 0 Å². The molecule has 1 atom stereocenters. The van der Waals surface area contributed by atoms with Crippen LogP contribution in [0, 0.1) is 12.8 Å². The van der Waals surface area contributed by atoms with Crippen molar-refractivity contribution in [3.05, 3.63) is 18.1 Å². The van der Waals surface area contributed by atoms with Gasteiger partial charge >= 0.3 is 0 Å². The van der Waals surface area contributed by atoms with Gasteiger partial charge in [0.15, 0.2) is 0 Å². The molecular weight excluding hydrogens is 198 g/mol. The van der Waals surface area contributed by atoms with Crippen LogP contribution in [0.4, 0.5) is 5.82 Å². The lowest BCUT2D eigenvalue weighted by Gasteiger charge is -2.31. The summed E-state index contributed by atoms with van der Waals surface area (Å²) in [4.78, 5) is 11.0. The van der Waals surface area contributed by atoms with Crippen molar-refractivity contribution in [1.29, 1.82) is 0 Å². The Hall–Kier alpha value is -1.12. The van der Waals surface area contributed by atoms with E-state index in [1.807, 2.05) is 33.2 Å². The van der Waals surface area contributed by atoms with Gasteiger partial charge in [0.2, 0.25) is 0 Å². The Labute approximate surface area is 98.9 Å². The normalized spacial score (nSPS) is 20.0. The summed E-state index contributed by atoms with van der Waals surface area (Å²) in [6.45, 7) is 10.5. The van der Waals surface area contributed by atoms with Crippen molar-refractivity contribution < 1.29 is 0 Å². The minimum absolute atomic E-state index is 0.784. The van der Waals surface area contributed by atoms with Gasteiger partial charge in [-0.15, -0.1) is 0 Å². The number of hydrogen-bond acceptors (Lipinski definition) is 3. The van der Waals surface area contributed by atoms with Crippen molar-refractivity contribution in [2.45, 2.75) is 40.5 Å². The zero-order chi connectivity index (χ0) is 12.0. The van der Waals surface area contributed by atoms with Crippen LogP contribution in [0.2, 0.25) is 0 Å². The Bertz CT molecular complexity index is 295. The molecule has 1 fully saturated rings. The van der Waals surface area contributed by atoms with Crippen LogP contribution >= 0.6 is 0 Å². The van der Waals surface area contributed by atoms with Gasteiger partial charge in [0.25, 0.3) is 0 Å². The lowest BCUT2D eigenvalue weighted by atomic mass is 10.0.